The van der Waals surface area contributed by atoms with Gasteiger partial charge < -0.3 is 19.7 Å². The average Bonchev–Trinajstić information content (AvgIpc) is 2.94. The van der Waals surface area contributed by atoms with Crippen LogP contribution >= 0.6 is 0 Å². The van der Waals surface area contributed by atoms with Crippen LogP contribution in [0.5, 0.6) is 5.75 Å². The SMILES string of the molecule is COCCc1noc([C@H](C)NC(=O)c2ccncc2O)n1. The predicted octanol–water partition coefficient (Wildman–Crippen LogP) is 0.850. The van der Waals surface area contributed by atoms with Crippen LogP contribution in [0.1, 0.15) is 35.0 Å². The zero-order chi connectivity index (χ0) is 15.2. The fourth-order valence-electron chi connectivity index (χ4n) is 1.65. The highest BCUT2D eigenvalue weighted by atomic mass is 16.5. The lowest BCUT2D eigenvalue weighted by Crippen LogP contribution is -2.27. The highest BCUT2D eigenvalue weighted by Crippen LogP contribution is 2.16. The molecule has 0 fully saturated rings. The summed E-state index contributed by atoms with van der Waals surface area (Å²) in [6.45, 7) is 2.20. The fraction of sp³-hybridized carbons (Fsp3) is 0.385. The summed E-state index contributed by atoms with van der Waals surface area (Å²) in [5.74, 6) is 0.176. The molecule has 2 N–H and O–H groups in total. The van der Waals surface area contributed by atoms with Gasteiger partial charge in [0.1, 0.15) is 11.8 Å². The number of hydrogen-bond donors (Lipinski definition) is 2. The van der Waals surface area contributed by atoms with Crippen LogP contribution < -0.4 is 5.32 Å². The van der Waals surface area contributed by atoms with Gasteiger partial charge >= 0.3 is 0 Å². The van der Waals surface area contributed by atoms with Gasteiger partial charge in [0.2, 0.25) is 5.89 Å². The Labute approximate surface area is 121 Å². The average molecular weight is 292 g/mol. The van der Waals surface area contributed by atoms with Gasteiger partial charge in [0, 0.05) is 19.7 Å². The summed E-state index contributed by atoms with van der Waals surface area (Å²) >= 11 is 0. The van der Waals surface area contributed by atoms with E-state index in [1.54, 1.807) is 14.0 Å². The van der Waals surface area contributed by atoms with Crippen molar-refractivity contribution in [3.63, 3.8) is 0 Å². The fourth-order valence-corrected chi connectivity index (χ4v) is 1.65. The van der Waals surface area contributed by atoms with Crippen molar-refractivity contribution in [2.45, 2.75) is 19.4 Å². The van der Waals surface area contributed by atoms with Crippen molar-refractivity contribution in [3.05, 3.63) is 35.7 Å². The molecule has 0 aliphatic rings. The normalized spacial score (nSPS) is 12.1. The van der Waals surface area contributed by atoms with Crippen molar-refractivity contribution >= 4 is 5.91 Å². The third-order valence-electron chi connectivity index (χ3n) is 2.78. The second-order valence-electron chi connectivity index (χ2n) is 4.38. The van der Waals surface area contributed by atoms with Gasteiger partial charge in [-0.1, -0.05) is 5.16 Å². The number of carbonyl (C=O) groups excluding carboxylic acids is 1. The first-order valence-corrected chi connectivity index (χ1v) is 6.37. The molecule has 0 aliphatic heterocycles. The van der Waals surface area contributed by atoms with E-state index in [2.05, 4.69) is 20.4 Å². The molecule has 2 aromatic rings. The first kappa shape index (κ1) is 14.9. The van der Waals surface area contributed by atoms with E-state index >= 15 is 0 Å². The van der Waals surface area contributed by atoms with Gasteiger partial charge in [-0.3, -0.25) is 9.78 Å². The molecule has 8 heteroatoms. The molecule has 0 aromatic carbocycles. The summed E-state index contributed by atoms with van der Waals surface area (Å²) in [7, 11) is 1.59. The topological polar surface area (TPSA) is 110 Å². The maximum absolute atomic E-state index is 12.0. The van der Waals surface area contributed by atoms with Crippen molar-refractivity contribution in [3.8, 4) is 5.75 Å². The van der Waals surface area contributed by atoms with Crippen molar-refractivity contribution in [1.82, 2.24) is 20.4 Å². The lowest BCUT2D eigenvalue weighted by molar-refractivity contribution is 0.0929. The number of ether oxygens (including phenoxy) is 1. The van der Waals surface area contributed by atoms with Crippen LogP contribution in [0.15, 0.2) is 23.0 Å². The van der Waals surface area contributed by atoms with Gasteiger partial charge in [-0.2, -0.15) is 4.98 Å². The van der Waals surface area contributed by atoms with E-state index in [9.17, 15) is 9.90 Å². The number of nitrogens with one attached hydrogen (secondary N) is 1. The number of aromatic hydroxyl groups is 1. The van der Waals surface area contributed by atoms with Crippen molar-refractivity contribution in [2.24, 2.45) is 0 Å². The Morgan fingerprint density at radius 1 is 1.57 bits per heavy atom. The molecule has 0 bridgehead atoms. The summed E-state index contributed by atoms with van der Waals surface area (Å²) in [6.07, 6.45) is 3.16. The van der Waals surface area contributed by atoms with E-state index in [1.165, 1.54) is 18.5 Å². The van der Waals surface area contributed by atoms with Crippen molar-refractivity contribution in [1.29, 1.82) is 0 Å². The molecule has 0 saturated heterocycles. The lowest BCUT2D eigenvalue weighted by Gasteiger charge is -2.10. The summed E-state index contributed by atoms with van der Waals surface area (Å²) in [6, 6.07) is 0.948. The Morgan fingerprint density at radius 2 is 2.38 bits per heavy atom. The van der Waals surface area contributed by atoms with Crippen LogP contribution in [0.3, 0.4) is 0 Å². The van der Waals surface area contributed by atoms with E-state index in [0.29, 0.717) is 24.7 Å². The van der Waals surface area contributed by atoms with Gasteiger partial charge in [0.15, 0.2) is 5.82 Å². The zero-order valence-corrected chi connectivity index (χ0v) is 11.7. The number of carbonyl (C=O) groups is 1. The Morgan fingerprint density at radius 3 is 3.10 bits per heavy atom. The molecule has 2 heterocycles. The number of amides is 1. The number of methoxy groups -OCH3 is 1. The Bertz CT molecular complexity index is 614. The minimum Gasteiger partial charge on any atom is -0.505 e. The Kier molecular flexibility index (Phi) is 4.83. The highest BCUT2D eigenvalue weighted by molar-refractivity contribution is 5.96. The summed E-state index contributed by atoms with van der Waals surface area (Å²) in [5.41, 5.74) is 0.135. The van der Waals surface area contributed by atoms with Gasteiger partial charge in [0.05, 0.1) is 18.4 Å². The molecule has 21 heavy (non-hydrogen) atoms. The zero-order valence-electron chi connectivity index (χ0n) is 11.7. The monoisotopic (exact) mass is 292 g/mol. The van der Waals surface area contributed by atoms with Crippen LogP contribution in [0.4, 0.5) is 0 Å². The molecule has 0 aliphatic carbocycles. The smallest absolute Gasteiger partial charge is 0.255 e. The molecule has 1 atom stereocenters. The third-order valence-corrected chi connectivity index (χ3v) is 2.78. The number of hydrogen-bond acceptors (Lipinski definition) is 7. The second-order valence-corrected chi connectivity index (χ2v) is 4.38. The van der Waals surface area contributed by atoms with E-state index in [1.807, 2.05) is 0 Å². The van der Waals surface area contributed by atoms with E-state index in [-0.39, 0.29) is 11.3 Å². The maximum atomic E-state index is 12.0. The molecule has 112 valence electrons. The van der Waals surface area contributed by atoms with Crippen LogP contribution in [0.2, 0.25) is 0 Å². The molecule has 0 spiro atoms. The predicted molar refractivity (Wildman–Crippen MR) is 71.7 cm³/mol. The molecule has 0 unspecified atom stereocenters. The minimum absolute atomic E-state index is 0.135. The number of pyridine rings is 1. The first-order chi connectivity index (χ1) is 10.1. The molecule has 2 aromatic heterocycles. The van der Waals surface area contributed by atoms with E-state index < -0.39 is 11.9 Å². The van der Waals surface area contributed by atoms with Crippen molar-refractivity contribution < 1.29 is 19.2 Å². The molecular weight excluding hydrogens is 276 g/mol. The molecule has 0 radical (unpaired) electrons. The highest BCUT2D eigenvalue weighted by Gasteiger charge is 2.19. The van der Waals surface area contributed by atoms with E-state index in [4.69, 9.17) is 9.26 Å². The van der Waals surface area contributed by atoms with Crippen LogP contribution in [-0.4, -0.2) is 39.9 Å². The molecular formula is C13H16N4O4. The van der Waals surface area contributed by atoms with Crippen LogP contribution in [0, 0.1) is 0 Å². The van der Waals surface area contributed by atoms with Crippen molar-refractivity contribution in [2.75, 3.05) is 13.7 Å². The number of aromatic nitrogens is 3. The van der Waals surface area contributed by atoms with Crippen LogP contribution in [-0.2, 0) is 11.2 Å². The second kappa shape index (κ2) is 6.80. The van der Waals surface area contributed by atoms with Gasteiger partial charge in [-0.05, 0) is 13.0 Å². The molecule has 8 nitrogen and oxygen atoms in total. The van der Waals surface area contributed by atoms with Gasteiger partial charge in [-0.25, -0.2) is 0 Å². The summed E-state index contributed by atoms with van der Waals surface area (Å²) < 4.78 is 10.0. The minimum atomic E-state index is -0.478. The maximum Gasteiger partial charge on any atom is 0.255 e. The molecule has 2 rings (SSSR count). The summed E-state index contributed by atoms with van der Waals surface area (Å²) in [5, 5.41) is 16.0. The largest absolute Gasteiger partial charge is 0.505 e. The van der Waals surface area contributed by atoms with Crippen LogP contribution in [0.25, 0.3) is 0 Å². The first-order valence-electron chi connectivity index (χ1n) is 6.37. The standard InChI is InChI=1S/C13H16N4O4/c1-8(13-16-11(17-21-13)4-6-20-2)15-12(19)9-3-5-14-7-10(9)18/h3,5,7-8,18H,4,6H2,1-2H3,(H,15,19)/t8-/m0/s1. The quantitative estimate of drug-likeness (QED) is 0.812. The Hall–Kier alpha value is -2.48. The molecule has 1 amide bonds. The number of rotatable bonds is 6. The summed E-state index contributed by atoms with van der Waals surface area (Å²) in [4.78, 5) is 19.9. The third kappa shape index (κ3) is 3.76. The van der Waals surface area contributed by atoms with Gasteiger partial charge in [0.25, 0.3) is 5.91 Å². The van der Waals surface area contributed by atoms with Gasteiger partial charge in [-0.15, -0.1) is 0 Å². The number of nitrogens with zero attached hydrogens (tertiary/aromatic N) is 3. The lowest BCUT2D eigenvalue weighted by atomic mass is 10.2. The Balaban J connectivity index is 2.01. The van der Waals surface area contributed by atoms with E-state index in [0.717, 1.165) is 0 Å². The molecule has 0 saturated carbocycles.